The van der Waals surface area contributed by atoms with Crippen molar-refractivity contribution in [3.63, 3.8) is 0 Å². The Labute approximate surface area is 279 Å². The molecule has 2 heterocycles. The lowest BCUT2D eigenvalue weighted by atomic mass is 10.1. The molecule has 3 N–H and O–H groups in total. The predicted molar refractivity (Wildman–Crippen MR) is 187 cm³/mol. The number of anilines is 4. The molecule has 0 amide bonds. The number of hydrogen-bond donors (Lipinski definition) is 3. The topological polar surface area (TPSA) is 93.5 Å². The van der Waals surface area contributed by atoms with Gasteiger partial charge in [0.15, 0.2) is 0 Å². The summed E-state index contributed by atoms with van der Waals surface area (Å²) in [6.45, 7) is 9.76. The summed E-state index contributed by atoms with van der Waals surface area (Å²) >= 11 is 3.47. The standard InChI is InChI=1S/C20H21NO3S.C17H19NO2S/c1-3-20(23)24-10-4-9-21-16-7-5-14(2)11-18(16)25-19-12-15(13-22)6-8-17(19)21;1-12-3-5-14-16(9-12)21-17-10-13(11-20)4-6-15(17)18(14)7-2-8-19/h3,5-8,11-12,22H,1,4,9-10,13H2,2H3;3-6,9-10,19-20H,2,7-8,11H2,1H3. The van der Waals surface area contributed by atoms with Crippen LogP contribution in [-0.2, 0) is 22.7 Å². The minimum Gasteiger partial charge on any atom is -0.462 e. The maximum absolute atomic E-state index is 11.2. The number of nitrogens with zero attached hydrogens (tertiary/aromatic N) is 2. The van der Waals surface area contributed by atoms with E-state index in [0.29, 0.717) is 6.61 Å². The van der Waals surface area contributed by atoms with E-state index >= 15 is 0 Å². The van der Waals surface area contributed by atoms with Crippen LogP contribution in [0.5, 0.6) is 0 Å². The Morgan fingerprint density at radius 3 is 1.57 bits per heavy atom. The van der Waals surface area contributed by atoms with Crippen LogP contribution in [-0.4, -0.2) is 47.6 Å². The van der Waals surface area contributed by atoms with Gasteiger partial charge >= 0.3 is 5.97 Å². The van der Waals surface area contributed by atoms with Gasteiger partial charge in [-0.1, -0.05) is 54.4 Å². The molecule has 46 heavy (non-hydrogen) atoms. The van der Waals surface area contributed by atoms with E-state index in [9.17, 15) is 15.0 Å². The highest BCUT2D eigenvalue weighted by Gasteiger charge is 2.25. The van der Waals surface area contributed by atoms with Crippen LogP contribution in [0.15, 0.2) is 105 Å². The molecular formula is C37H40N2O5S2. The van der Waals surface area contributed by atoms with Crippen molar-refractivity contribution in [2.45, 2.75) is 59.5 Å². The van der Waals surface area contributed by atoms with E-state index < -0.39 is 5.97 Å². The van der Waals surface area contributed by atoms with Crippen molar-refractivity contribution in [1.29, 1.82) is 0 Å². The zero-order valence-electron chi connectivity index (χ0n) is 26.2. The predicted octanol–water partition coefficient (Wildman–Crippen LogP) is 7.68. The van der Waals surface area contributed by atoms with Gasteiger partial charge in [0, 0.05) is 45.4 Å². The number of benzene rings is 4. The summed E-state index contributed by atoms with van der Waals surface area (Å²) in [6, 6.07) is 25.0. The van der Waals surface area contributed by atoms with E-state index in [4.69, 9.17) is 9.84 Å². The Morgan fingerprint density at radius 2 is 1.13 bits per heavy atom. The molecule has 240 valence electrons. The Morgan fingerprint density at radius 1 is 0.696 bits per heavy atom. The highest BCUT2D eigenvalue weighted by molar-refractivity contribution is 8.00. The van der Waals surface area contributed by atoms with Crippen LogP contribution in [0, 0.1) is 13.8 Å². The lowest BCUT2D eigenvalue weighted by Gasteiger charge is -2.33. The molecule has 4 aromatic carbocycles. The third-order valence-electron chi connectivity index (χ3n) is 7.72. The molecule has 2 aliphatic rings. The quantitative estimate of drug-likeness (QED) is 0.0903. The molecule has 0 bridgehead atoms. The van der Waals surface area contributed by atoms with Crippen LogP contribution >= 0.6 is 23.5 Å². The molecule has 6 rings (SSSR count). The maximum Gasteiger partial charge on any atom is 0.330 e. The monoisotopic (exact) mass is 656 g/mol. The van der Waals surface area contributed by atoms with Crippen LogP contribution in [0.1, 0.15) is 35.1 Å². The normalized spacial score (nSPS) is 12.6. The van der Waals surface area contributed by atoms with Gasteiger partial charge in [0.05, 0.1) is 42.6 Å². The Kier molecular flexibility index (Phi) is 11.5. The van der Waals surface area contributed by atoms with Crippen LogP contribution < -0.4 is 9.80 Å². The number of aliphatic hydroxyl groups is 3. The van der Waals surface area contributed by atoms with Gasteiger partial charge < -0.3 is 29.9 Å². The third-order valence-corrected chi connectivity index (χ3v) is 9.91. The molecule has 0 aromatic heterocycles. The molecule has 0 saturated carbocycles. The molecular weight excluding hydrogens is 617 g/mol. The van der Waals surface area contributed by atoms with Crippen molar-refractivity contribution < 1.29 is 24.9 Å². The lowest BCUT2D eigenvalue weighted by molar-refractivity contribution is -0.137. The van der Waals surface area contributed by atoms with Crippen molar-refractivity contribution in [3.05, 3.63) is 108 Å². The number of aryl methyl sites for hydroxylation is 2. The Bertz CT molecular complexity index is 1710. The summed E-state index contributed by atoms with van der Waals surface area (Å²) in [5.41, 5.74) is 8.92. The van der Waals surface area contributed by atoms with Crippen molar-refractivity contribution in [2.75, 3.05) is 36.1 Å². The number of fused-ring (bicyclic) bond motifs is 4. The Balaban J connectivity index is 0.000000184. The second kappa shape index (κ2) is 15.7. The van der Waals surface area contributed by atoms with Crippen molar-refractivity contribution in [1.82, 2.24) is 0 Å². The van der Waals surface area contributed by atoms with Crippen molar-refractivity contribution in [2.24, 2.45) is 0 Å². The smallest absolute Gasteiger partial charge is 0.330 e. The Hall–Kier alpha value is -3.73. The summed E-state index contributed by atoms with van der Waals surface area (Å²) in [7, 11) is 0. The maximum atomic E-state index is 11.2. The van der Waals surface area contributed by atoms with Crippen molar-refractivity contribution >= 4 is 52.2 Å². The molecule has 0 spiro atoms. The zero-order chi connectivity index (χ0) is 32.6. The summed E-state index contributed by atoms with van der Waals surface area (Å²) < 4.78 is 5.09. The first-order valence-electron chi connectivity index (χ1n) is 15.3. The van der Waals surface area contributed by atoms with E-state index in [1.807, 2.05) is 24.3 Å². The lowest BCUT2D eigenvalue weighted by Crippen LogP contribution is -2.23. The first kappa shape index (κ1) is 33.6. The second-order valence-corrected chi connectivity index (χ2v) is 13.3. The number of carbonyl (C=O) groups excluding carboxylic acids is 1. The minimum absolute atomic E-state index is 0.0337. The van der Waals surface area contributed by atoms with Gasteiger partial charge in [-0.15, -0.1) is 0 Å². The van der Waals surface area contributed by atoms with E-state index in [0.717, 1.165) is 63.9 Å². The van der Waals surface area contributed by atoms with Gasteiger partial charge in [-0.05, 0) is 97.5 Å². The molecule has 0 unspecified atom stereocenters. The average Bonchev–Trinajstić information content (AvgIpc) is 3.07. The third kappa shape index (κ3) is 7.79. The van der Waals surface area contributed by atoms with Gasteiger partial charge in [-0.25, -0.2) is 4.79 Å². The SMILES string of the molecule is C=CC(=O)OCCCN1c2ccc(C)cc2Sc2cc(CO)ccc21.Cc1ccc2c(c1)Sc1cc(CO)ccc1N2CCCO. The fourth-order valence-corrected chi connectivity index (χ4v) is 7.95. The summed E-state index contributed by atoms with van der Waals surface area (Å²) in [6.07, 6.45) is 2.64. The number of hydrogen-bond acceptors (Lipinski definition) is 9. The first-order chi connectivity index (χ1) is 22.3. The van der Waals surface area contributed by atoms with Gasteiger partial charge in [0.2, 0.25) is 0 Å². The molecule has 2 aliphatic heterocycles. The first-order valence-corrected chi connectivity index (χ1v) is 17.0. The zero-order valence-corrected chi connectivity index (χ0v) is 27.9. The van der Waals surface area contributed by atoms with E-state index in [1.54, 1.807) is 23.5 Å². The van der Waals surface area contributed by atoms with Crippen molar-refractivity contribution in [3.8, 4) is 0 Å². The van der Waals surface area contributed by atoms with Crippen LogP contribution in [0.3, 0.4) is 0 Å². The van der Waals surface area contributed by atoms with Gasteiger partial charge in [0.1, 0.15) is 0 Å². The fraction of sp³-hybridized carbons (Fsp3) is 0.270. The highest BCUT2D eigenvalue weighted by Crippen LogP contribution is 2.50. The molecule has 4 aromatic rings. The van der Waals surface area contributed by atoms with E-state index in [-0.39, 0.29) is 19.8 Å². The van der Waals surface area contributed by atoms with Gasteiger partial charge in [-0.2, -0.15) is 0 Å². The molecule has 0 saturated heterocycles. The molecule has 0 atom stereocenters. The number of rotatable bonds is 10. The summed E-state index contributed by atoms with van der Waals surface area (Å²) in [5, 5.41) is 27.9. The highest BCUT2D eigenvalue weighted by atomic mass is 32.2. The molecule has 7 nitrogen and oxygen atoms in total. The molecule has 0 radical (unpaired) electrons. The largest absolute Gasteiger partial charge is 0.462 e. The fourth-order valence-electron chi connectivity index (χ4n) is 5.44. The van der Waals surface area contributed by atoms with Gasteiger partial charge in [-0.3, -0.25) is 0 Å². The second-order valence-electron chi connectivity index (χ2n) is 11.2. The summed E-state index contributed by atoms with van der Waals surface area (Å²) in [5.74, 6) is -0.391. The van der Waals surface area contributed by atoms with Crippen LogP contribution in [0.25, 0.3) is 0 Å². The molecule has 0 aliphatic carbocycles. The average molecular weight is 657 g/mol. The number of carbonyl (C=O) groups is 1. The number of aliphatic hydroxyl groups excluding tert-OH is 3. The van der Waals surface area contributed by atoms with Crippen LogP contribution in [0.2, 0.25) is 0 Å². The number of esters is 1. The van der Waals surface area contributed by atoms with Gasteiger partial charge in [0.25, 0.3) is 0 Å². The van der Waals surface area contributed by atoms with Crippen LogP contribution in [0.4, 0.5) is 22.7 Å². The van der Waals surface area contributed by atoms with E-state index in [1.165, 1.54) is 32.7 Å². The minimum atomic E-state index is -0.391. The summed E-state index contributed by atoms with van der Waals surface area (Å²) in [4.78, 5) is 20.4. The molecule has 9 heteroatoms. The van der Waals surface area contributed by atoms with E-state index in [2.05, 4.69) is 78.8 Å². The molecule has 0 fully saturated rings. The number of ether oxygens (including phenoxy) is 1.